The van der Waals surface area contributed by atoms with E-state index in [-0.39, 0.29) is 17.5 Å². The van der Waals surface area contributed by atoms with Crippen LogP contribution in [0.1, 0.15) is 33.6 Å². The topological polar surface area (TPSA) is 67.2 Å². The Hall–Kier alpha value is -2.51. The zero-order valence-electron chi connectivity index (χ0n) is 16.1. The molecule has 1 fully saturated rings. The first-order valence-electron chi connectivity index (χ1n) is 9.55. The third-order valence-electron chi connectivity index (χ3n) is 5.39. The van der Waals surface area contributed by atoms with Crippen LogP contribution in [-0.2, 0) is 13.6 Å². The summed E-state index contributed by atoms with van der Waals surface area (Å²) in [5.74, 6) is -0.0935. The Bertz CT molecular complexity index is 1050. The van der Waals surface area contributed by atoms with Crippen molar-refractivity contribution in [2.75, 3.05) is 13.1 Å². The zero-order chi connectivity index (χ0) is 19.7. The highest BCUT2D eigenvalue weighted by Crippen LogP contribution is 2.27. The molecule has 4 rings (SSSR count). The molecular formula is C21H24N4O2S. The number of aryl methyl sites for hydroxylation is 2. The lowest BCUT2D eigenvalue weighted by Crippen LogP contribution is -2.44. The summed E-state index contributed by atoms with van der Waals surface area (Å²) in [5.41, 5.74) is 1.94. The first kappa shape index (κ1) is 18.8. The van der Waals surface area contributed by atoms with Crippen molar-refractivity contribution in [3.05, 3.63) is 63.0 Å². The Labute approximate surface area is 167 Å². The fourth-order valence-electron chi connectivity index (χ4n) is 3.75. The van der Waals surface area contributed by atoms with E-state index < -0.39 is 0 Å². The van der Waals surface area contributed by atoms with Crippen LogP contribution in [0.15, 0.2) is 41.5 Å². The molecule has 0 radical (unpaired) electrons. The zero-order valence-corrected chi connectivity index (χ0v) is 17.0. The minimum Gasteiger partial charge on any atom is -0.349 e. The van der Waals surface area contributed by atoms with Gasteiger partial charge >= 0.3 is 0 Å². The predicted molar refractivity (Wildman–Crippen MR) is 112 cm³/mol. The Morgan fingerprint density at radius 1 is 1.25 bits per heavy atom. The molecule has 0 aliphatic carbocycles. The molecule has 146 valence electrons. The summed E-state index contributed by atoms with van der Waals surface area (Å²) in [7, 11) is 1.68. The first-order chi connectivity index (χ1) is 13.5. The standard InChI is InChI=1S/C21H24N4O2S/c1-14-17-20(22-13-24(2)21(17)27)28-18(14)19(26)23-16-8-10-25(11-9-16)12-15-6-4-3-5-7-15/h3-7,13,16H,8-12H2,1-2H3,(H,23,26). The lowest BCUT2D eigenvalue weighted by molar-refractivity contribution is 0.0912. The average molecular weight is 397 g/mol. The molecule has 1 saturated heterocycles. The quantitative estimate of drug-likeness (QED) is 0.736. The lowest BCUT2D eigenvalue weighted by Gasteiger charge is -2.32. The van der Waals surface area contributed by atoms with E-state index in [0.29, 0.717) is 15.1 Å². The van der Waals surface area contributed by atoms with Crippen LogP contribution in [0.3, 0.4) is 0 Å². The van der Waals surface area contributed by atoms with Gasteiger partial charge in [-0.3, -0.25) is 14.5 Å². The number of thiophene rings is 1. The van der Waals surface area contributed by atoms with Crippen LogP contribution in [-0.4, -0.2) is 39.5 Å². The first-order valence-corrected chi connectivity index (χ1v) is 10.4. The Morgan fingerprint density at radius 3 is 2.68 bits per heavy atom. The summed E-state index contributed by atoms with van der Waals surface area (Å²) >= 11 is 1.30. The molecule has 0 unspecified atom stereocenters. The van der Waals surface area contributed by atoms with Gasteiger partial charge in [0.2, 0.25) is 0 Å². The number of aromatic nitrogens is 2. The van der Waals surface area contributed by atoms with E-state index in [2.05, 4.69) is 39.5 Å². The van der Waals surface area contributed by atoms with Crippen LogP contribution >= 0.6 is 11.3 Å². The third-order valence-corrected chi connectivity index (χ3v) is 6.59. The predicted octanol–water partition coefficient (Wildman–Crippen LogP) is 2.70. The second-order valence-corrected chi connectivity index (χ2v) is 8.41. The van der Waals surface area contributed by atoms with Gasteiger partial charge in [-0.15, -0.1) is 11.3 Å². The van der Waals surface area contributed by atoms with Crippen LogP contribution < -0.4 is 10.9 Å². The minimum atomic E-state index is -0.105. The van der Waals surface area contributed by atoms with E-state index in [1.807, 2.05) is 13.0 Å². The molecule has 1 aliphatic rings. The molecule has 7 heteroatoms. The van der Waals surface area contributed by atoms with Crippen LogP contribution in [0.2, 0.25) is 0 Å². The Morgan fingerprint density at radius 2 is 1.96 bits per heavy atom. The molecular weight excluding hydrogens is 372 g/mol. The van der Waals surface area contributed by atoms with Crippen LogP contribution in [0.25, 0.3) is 10.2 Å². The van der Waals surface area contributed by atoms with E-state index in [4.69, 9.17) is 0 Å². The van der Waals surface area contributed by atoms with Gasteiger partial charge in [0, 0.05) is 32.7 Å². The van der Waals surface area contributed by atoms with Crippen molar-refractivity contribution in [3.8, 4) is 0 Å². The largest absolute Gasteiger partial charge is 0.349 e. The fourth-order valence-corrected chi connectivity index (χ4v) is 4.80. The Kier molecular flexibility index (Phi) is 5.28. The van der Waals surface area contributed by atoms with Crippen molar-refractivity contribution in [1.82, 2.24) is 19.8 Å². The number of rotatable bonds is 4. The number of fused-ring (bicyclic) bond motifs is 1. The summed E-state index contributed by atoms with van der Waals surface area (Å²) in [6.45, 7) is 4.71. The number of nitrogens with one attached hydrogen (secondary N) is 1. The van der Waals surface area contributed by atoms with E-state index in [0.717, 1.165) is 38.0 Å². The van der Waals surface area contributed by atoms with Gasteiger partial charge in [0.1, 0.15) is 4.83 Å². The molecule has 28 heavy (non-hydrogen) atoms. The molecule has 6 nitrogen and oxygen atoms in total. The van der Waals surface area contributed by atoms with E-state index >= 15 is 0 Å². The maximum atomic E-state index is 12.8. The molecule has 1 aromatic carbocycles. The average Bonchev–Trinajstić information content (AvgIpc) is 3.04. The van der Waals surface area contributed by atoms with E-state index in [9.17, 15) is 9.59 Å². The SMILES string of the molecule is Cc1c(C(=O)NC2CCN(Cc3ccccc3)CC2)sc2ncn(C)c(=O)c12. The highest BCUT2D eigenvalue weighted by Gasteiger charge is 2.24. The van der Waals surface area contributed by atoms with Crippen molar-refractivity contribution >= 4 is 27.5 Å². The van der Waals surface area contributed by atoms with Crippen molar-refractivity contribution in [3.63, 3.8) is 0 Å². The Balaban J connectivity index is 1.40. The normalized spacial score (nSPS) is 15.8. The van der Waals surface area contributed by atoms with Crippen molar-refractivity contribution in [2.24, 2.45) is 7.05 Å². The molecule has 3 aromatic rings. The molecule has 1 N–H and O–H groups in total. The van der Waals surface area contributed by atoms with Crippen molar-refractivity contribution < 1.29 is 4.79 Å². The number of hydrogen-bond acceptors (Lipinski definition) is 5. The maximum Gasteiger partial charge on any atom is 0.262 e. The number of piperidine rings is 1. The maximum absolute atomic E-state index is 12.8. The molecule has 1 aliphatic heterocycles. The van der Waals surface area contributed by atoms with Gasteiger partial charge in [0.25, 0.3) is 11.5 Å². The highest BCUT2D eigenvalue weighted by atomic mass is 32.1. The summed E-state index contributed by atoms with van der Waals surface area (Å²) in [6, 6.07) is 10.6. The molecule has 2 aromatic heterocycles. The molecule has 0 spiro atoms. The van der Waals surface area contributed by atoms with Crippen molar-refractivity contribution in [1.29, 1.82) is 0 Å². The summed E-state index contributed by atoms with van der Waals surface area (Å²) in [5, 5.41) is 3.72. The lowest BCUT2D eigenvalue weighted by atomic mass is 10.0. The van der Waals surface area contributed by atoms with Gasteiger partial charge in [-0.25, -0.2) is 4.98 Å². The van der Waals surface area contributed by atoms with Crippen molar-refractivity contribution in [2.45, 2.75) is 32.4 Å². The third kappa shape index (κ3) is 3.72. The van der Waals surface area contributed by atoms with E-state index in [1.54, 1.807) is 7.05 Å². The number of nitrogens with zero attached hydrogens (tertiary/aromatic N) is 3. The van der Waals surface area contributed by atoms with Gasteiger partial charge in [-0.05, 0) is 30.9 Å². The molecule has 0 saturated carbocycles. The second-order valence-electron chi connectivity index (χ2n) is 7.41. The van der Waals surface area contributed by atoms with Gasteiger partial charge in [0.05, 0.1) is 16.6 Å². The summed E-state index contributed by atoms with van der Waals surface area (Å²) < 4.78 is 1.45. The van der Waals surface area contributed by atoms with Crippen LogP contribution in [0.5, 0.6) is 0 Å². The number of amides is 1. The number of carbonyl (C=O) groups is 1. The molecule has 0 atom stereocenters. The fraction of sp³-hybridized carbons (Fsp3) is 0.381. The second kappa shape index (κ2) is 7.85. The summed E-state index contributed by atoms with van der Waals surface area (Å²) in [4.78, 5) is 33.1. The number of benzene rings is 1. The van der Waals surface area contributed by atoms with E-state index in [1.165, 1.54) is 27.8 Å². The van der Waals surface area contributed by atoms with Gasteiger partial charge in [-0.2, -0.15) is 0 Å². The molecule has 3 heterocycles. The van der Waals surface area contributed by atoms with Crippen LogP contribution in [0, 0.1) is 6.92 Å². The minimum absolute atomic E-state index is 0.0935. The number of carbonyl (C=O) groups excluding carboxylic acids is 1. The highest BCUT2D eigenvalue weighted by molar-refractivity contribution is 7.20. The van der Waals surface area contributed by atoms with Crippen LogP contribution in [0.4, 0.5) is 0 Å². The smallest absolute Gasteiger partial charge is 0.262 e. The molecule has 0 bridgehead atoms. The van der Waals surface area contributed by atoms with Gasteiger partial charge in [0.15, 0.2) is 0 Å². The van der Waals surface area contributed by atoms with Gasteiger partial charge in [-0.1, -0.05) is 30.3 Å². The monoisotopic (exact) mass is 396 g/mol. The number of likely N-dealkylation sites (tertiary alicyclic amines) is 1. The van der Waals surface area contributed by atoms with Gasteiger partial charge < -0.3 is 9.88 Å². The summed E-state index contributed by atoms with van der Waals surface area (Å²) in [6.07, 6.45) is 3.37. The molecule has 1 amide bonds. The number of hydrogen-bond donors (Lipinski definition) is 1.